The molecule has 3 N–H and O–H groups in total. The Morgan fingerprint density at radius 3 is 2.62 bits per heavy atom. The van der Waals surface area contributed by atoms with Gasteiger partial charge in [-0.2, -0.15) is 8.42 Å². The number of hydrogen-bond donors (Lipinski definition) is 3. The largest absolute Gasteiger partial charge is 0.495 e. The summed E-state index contributed by atoms with van der Waals surface area (Å²) in [6, 6.07) is 4.82. The summed E-state index contributed by atoms with van der Waals surface area (Å²) >= 11 is 5.92. The molecule has 1 rings (SSSR count). The number of ether oxygens (including phenoxy) is 1. The maximum atomic E-state index is 10.8. The number of nitrogens with zero attached hydrogens (tertiary/aromatic N) is 1. The van der Waals surface area contributed by atoms with Gasteiger partial charge in [0.1, 0.15) is 11.5 Å². The molecule has 0 amide bonds. The number of benzene rings is 1. The highest BCUT2D eigenvalue weighted by atomic mass is 35.5. The Hall–Kier alpha value is -1.06. The smallest absolute Gasteiger partial charge is 0.267 e. The van der Waals surface area contributed by atoms with Crippen LogP contribution in [0.5, 0.6) is 5.75 Å². The lowest BCUT2D eigenvalue weighted by Gasteiger charge is -2.27. The van der Waals surface area contributed by atoms with E-state index in [1.165, 1.54) is 12.0 Å². The van der Waals surface area contributed by atoms with Gasteiger partial charge in [0.05, 0.1) is 25.5 Å². The van der Waals surface area contributed by atoms with Gasteiger partial charge in [-0.05, 0) is 18.2 Å². The maximum absolute atomic E-state index is 10.8. The van der Waals surface area contributed by atoms with E-state index in [2.05, 4.69) is 0 Å². The third-order valence-corrected chi connectivity index (χ3v) is 3.73. The van der Waals surface area contributed by atoms with Gasteiger partial charge in [0.25, 0.3) is 10.1 Å². The third kappa shape index (κ3) is 6.06. The van der Waals surface area contributed by atoms with Gasteiger partial charge in [-0.15, -0.1) is 0 Å². The van der Waals surface area contributed by atoms with Crippen LogP contribution >= 0.6 is 11.6 Å². The first-order valence-corrected chi connectivity index (χ1v) is 8.08. The lowest BCUT2D eigenvalue weighted by molar-refractivity contribution is 0.196. The van der Waals surface area contributed by atoms with Crippen molar-refractivity contribution in [2.24, 2.45) is 0 Å². The number of aliphatic hydroxyl groups is 2. The fraction of sp³-hybridized carbons (Fsp3) is 0.500. The summed E-state index contributed by atoms with van der Waals surface area (Å²) in [7, 11) is -2.83. The van der Waals surface area contributed by atoms with E-state index in [1.807, 2.05) is 0 Å². The monoisotopic (exact) mass is 339 g/mol. The Morgan fingerprint density at radius 1 is 1.43 bits per heavy atom. The van der Waals surface area contributed by atoms with Crippen LogP contribution in [0.4, 0.5) is 5.69 Å². The zero-order valence-electron chi connectivity index (χ0n) is 11.4. The fourth-order valence-corrected chi connectivity index (χ4v) is 2.65. The van der Waals surface area contributed by atoms with E-state index >= 15 is 0 Å². The van der Waals surface area contributed by atoms with Gasteiger partial charge in [-0.1, -0.05) is 11.6 Å². The van der Waals surface area contributed by atoms with E-state index in [4.69, 9.17) is 26.0 Å². The van der Waals surface area contributed by atoms with E-state index in [0.717, 1.165) is 0 Å². The van der Waals surface area contributed by atoms with Gasteiger partial charge in [0.2, 0.25) is 0 Å². The summed E-state index contributed by atoms with van der Waals surface area (Å²) in [5.74, 6) is -0.329. The van der Waals surface area contributed by atoms with Crippen molar-refractivity contribution < 1.29 is 27.9 Å². The Kier molecular flexibility index (Phi) is 6.69. The molecule has 0 fully saturated rings. The number of hydrogen-bond acceptors (Lipinski definition) is 6. The maximum Gasteiger partial charge on any atom is 0.267 e. The number of aliphatic hydroxyl groups excluding tert-OH is 2. The van der Waals surface area contributed by atoms with Crippen molar-refractivity contribution in [1.82, 2.24) is 0 Å². The summed E-state index contributed by atoms with van der Waals surface area (Å²) in [5.41, 5.74) is 0.508. The average molecular weight is 340 g/mol. The van der Waals surface area contributed by atoms with Crippen molar-refractivity contribution in [3.8, 4) is 5.75 Å². The Bertz CT molecular complexity index is 565. The molecule has 0 saturated carbocycles. The topological polar surface area (TPSA) is 107 Å². The van der Waals surface area contributed by atoms with Crippen molar-refractivity contribution >= 4 is 27.4 Å². The van der Waals surface area contributed by atoms with Crippen LogP contribution in [-0.4, -0.2) is 61.8 Å². The molecular formula is C12H18ClNO6S. The minimum absolute atomic E-state index is 0.114. The van der Waals surface area contributed by atoms with E-state index in [1.54, 1.807) is 18.2 Å². The number of methoxy groups -OCH3 is 1. The molecule has 0 bridgehead atoms. The van der Waals surface area contributed by atoms with E-state index in [0.29, 0.717) is 16.5 Å². The Balaban J connectivity index is 2.98. The predicted molar refractivity (Wildman–Crippen MR) is 79.7 cm³/mol. The molecule has 0 saturated heterocycles. The SMILES string of the molecule is COc1ccc(Cl)cc1N(CCO)CC(O)CS(=O)(=O)O. The van der Waals surface area contributed by atoms with Crippen LogP contribution < -0.4 is 9.64 Å². The molecule has 0 radical (unpaired) electrons. The fourth-order valence-electron chi connectivity index (χ4n) is 1.89. The molecular weight excluding hydrogens is 322 g/mol. The van der Waals surface area contributed by atoms with Crippen molar-refractivity contribution in [2.75, 3.05) is 37.5 Å². The molecule has 1 aromatic rings. The van der Waals surface area contributed by atoms with Crippen molar-refractivity contribution in [3.63, 3.8) is 0 Å². The average Bonchev–Trinajstić information content (AvgIpc) is 2.36. The zero-order chi connectivity index (χ0) is 16.0. The van der Waals surface area contributed by atoms with Gasteiger partial charge < -0.3 is 19.8 Å². The second-order valence-corrected chi connectivity index (χ2v) is 6.32. The van der Waals surface area contributed by atoms with Crippen LogP contribution in [0.25, 0.3) is 0 Å². The molecule has 0 spiro atoms. The number of halogens is 1. The Labute approximate surface area is 128 Å². The van der Waals surface area contributed by atoms with Crippen LogP contribution in [0, 0.1) is 0 Å². The molecule has 7 nitrogen and oxygen atoms in total. The van der Waals surface area contributed by atoms with Crippen LogP contribution in [0.1, 0.15) is 0 Å². The molecule has 0 aliphatic rings. The van der Waals surface area contributed by atoms with Gasteiger partial charge in [0, 0.05) is 18.1 Å². The van der Waals surface area contributed by atoms with Crippen LogP contribution in [0.2, 0.25) is 5.02 Å². The van der Waals surface area contributed by atoms with Gasteiger partial charge in [-0.25, -0.2) is 0 Å². The normalized spacial score (nSPS) is 13.0. The second kappa shape index (κ2) is 7.81. The highest BCUT2D eigenvalue weighted by molar-refractivity contribution is 7.85. The summed E-state index contributed by atoms with van der Waals surface area (Å²) < 4.78 is 35.5. The predicted octanol–water partition coefficient (Wildman–Crippen LogP) is 0.396. The summed E-state index contributed by atoms with van der Waals surface area (Å²) in [6.45, 7) is -0.190. The standard InChI is InChI=1S/C12H18ClNO6S/c1-20-12-3-2-9(13)6-11(12)14(4-5-15)7-10(16)8-21(17,18)19/h2-3,6,10,15-16H,4-5,7-8H2,1H3,(H,17,18,19). The summed E-state index contributed by atoms with van der Waals surface area (Å²) in [6.07, 6.45) is -1.32. The minimum Gasteiger partial charge on any atom is -0.495 e. The molecule has 21 heavy (non-hydrogen) atoms. The molecule has 0 aliphatic carbocycles. The quantitative estimate of drug-likeness (QED) is 0.588. The third-order valence-electron chi connectivity index (χ3n) is 2.69. The molecule has 0 heterocycles. The van der Waals surface area contributed by atoms with Crippen molar-refractivity contribution in [3.05, 3.63) is 23.2 Å². The molecule has 0 aromatic heterocycles. The van der Waals surface area contributed by atoms with Crippen molar-refractivity contribution in [2.45, 2.75) is 6.10 Å². The van der Waals surface area contributed by atoms with E-state index < -0.39 is 22.0 Å². The Morgan fingerprint density at radius 2 is 2.10 bits per heavy atom. The molecule has 1 unspecified atom stereocenters. The zero-order valence-corrected chi connectivity index (χ0v) is 13.0. The second-order valence-electron chi connectivity index (χ2n) is 4.39. The van der Waals surface area contributed by atoms with Gasteiger partial charge in [-0.3, -0.25) is 4.55 Å². The number of anilines is 1. The van der Waals surface area contributed by atoms with Crippen molar-refractivity contribution in [1.29, 1.82) is 0 Å². The molecule has 0 aliphatic heterocycles. The highest BCUT2D eigenvalue weighted by Crippen LogP contribution is 2.31. The molecule has 9 heteroatoms. The lowest BCUT2D eigenvalue weighted by Crippen LogP contribution is -2.38. The minimum atomic E-state index is -4.29. The van der Waals surface area contributed by atoms with Gasteiger partial charge >= 0.3 is 0 Å². The van der Waals surface area contributed by atoms with Crippen LogP contribution in [0.15, 0.2) is 18.2 Å². The highest BCUT2D eigenvalue weighted by Gasteiger charge is 2.20. The van der Waals surface area contributed by atoms with Crippen LogP contribution in [-0.2, 0) is 10.1 Å². The van der Waals surface area contributed by atoms with Gasteiger partial charge in [0.15, 0.2) is 0 Å². The first-order valence-electron chi connectivity index (χ1n) is 6.09. The first kappa shape index (κ1) is 18.0. The lowest BCUT2D eigenvalue weighted by atomic mass is 10.2. The first-order chi connectivity index (χ1) is 9.76. The summed E-state index contributed by atoms with van der Waals surface area (Å²) in [5, 5.41) is 19.3. The van der Waals surface area contributed by atoms with E-state index in [-0.39, 0.29) is 19.7 Å². The molecule has 1 aromatic carbocycles. The van der Waals surface area contributed by atoms with Crippen LogP contribution in [0.3, 0.4) is 0 Å². The van der Waals surface area contributed by atoms with E-state index in [9.17, 15) is 13.5 Å². The summed E-state index contributed by atoms with van der Waals surface area (Å²) in [4.78, 5) is 1.53. The number of rotatable bonds is 8. The molecule has 1 atom stereocenters. The molecule has 120 valence electrons.